The zero-order chi connectivity index (χ0) is 21.5. The Morgan fingerprint density at radius 3 is 2.73 bits per heavy atom. The highest BCUT2D eigenvalue weighted by molar-refractivity contribution is 5.91. The number of hydrazone groups is 1. The van der Waals surface area contributed by atoms with Crippen LogP contribution >= 0.6 is 0 Å². The summed E-state index contributed by atoms with van der Waals surface area (Å²) in [6.45, 7) is 6.06. The Hall–Kier alpha value is -3.67. The number of rotatable bonds is 7. The number of ether oxygens (including phenoxy) is 1. The van der Waals surface area contributed by atoms with Gasteiger partial charge in [0.15, 0.2) is 0 Å². The molecule has 0 aliphatic heterocycles. The van der Waals surface area contributed by atoms with Gasteiger partial charge in [0.2, 0.25) is 5.91 Å². The lowest BCUT2D eigenvalue weighted by atomic mass is 10.0. The van der Waals surface area contributed by atoms with Crippen molar-refractivity contribution in [3.8, 4) is 11.3 Å². The number of hydrogen-bond donors (Lipinski definition) is 1. The fourth-order valence-electron chi connectivity index (χ4n) is 2.96. The molecule has 1 heterocycles. The van der Waals surface area contributed by atoms with Crippen LogP contribution in [0.2, 0.25) is 0 Å². The molecule has 3 aromatic rings. The zero-order valence-corrected chi connectivity index (χ0v) is 17.3. The second-order valence-electron chi connectivity index (χ2n) is 6.90. The van der Waals surface area contributed by atoms with Gasteiger partial charge in [-0.25, -0.2) is 10.2 Å². The van der Waals surface area contributed by atoms with Gasteiger partial charge in [0.05, 0.1) is 24.8 Å². The van der Waals surface area contributed by atoms with Gasteiger partial charge in [0.25, 0.3) is 0 Å². The third-order valence-electron chi connectivity index (χ3n) is 4.52. The van der Waals surface area contributed by atoms with E-state index in [1.807, 2.05) is 38.1 Å². The van der Waals surface area contributed by atoms with E-state index in [9.17, 15) is 9.59 Å². The van der Waals surface area contributed by atoms with E-state index in [-0.39, 0.29) is 18.3 Å². The number of amides is 1. The van der Waals surface area contributed by atoms with Gasteiger partial charge in [-0.05, 0) is 56.2 Å². The largest absolute Gasteiger partial charge is 0.462 e. The SMILES string of the molecule is CCOC(=O)c1cccc(-c2ccc(/C=N\NC(=O)Cc3cc(C)ccc3C)o2)c1. The molecular formula is C24H24N2O4. The van der Waals surface area contributed by atoms with Crippen molar-refractivity contribution >= 4 is 18.1 Å². The first kappa shape index (κ1) is 21.0. The average Bonchev–Trinajstić information content (AvgIpc) is 3.20. The van der Waals surface area contributed by atoms with E-state index >= 15 is 0 Å². The van der Waals surface area contributed by atoms with E-state index in [1.54, 1.807) is 37.3 Å². The molecule has 0 unspecified atom stereocenters. The van der Waals surface area contributed by atoms with Crippen LogP contribution in [-0.4, -0.2) is 24.7 Å². The maximum atomic E-state index is 12.1. The molecule has 6 nitrogen and oxygen atoms in total. The molecule has 30 heavy (non-hydrogen) atoms. The number of benzene rings is 2. The molecule has 1 N–H and O–H groups in total. The number of nitrogens with zero attached hydrogens (tertiary/aromatic N) is 1. The first-order chi connectivity index (χ1) is 14.5. The third kappa shape index (κ3) is 5.44. The summed E-state index contributed by atoms with van der Waals surface area (Å²) in [6, 6.07) is 16.6. The number of esters is 1. The minimum atomic E-state index is -0.376. The first-order valence-corrected chi connectivity index (χ1v) is 9.71. The van der Waals surface area contributed by atoms with Crippen LogP contribution in [0.5, 0.6) is 0 Å². The third-order valence-corrected chi connectivity index (χ3v) is 4.52. The molecule has 1 amide bonds. The molecule has 0 atom stereocenters. The van der Waals surface area contributed by atoms with Crippen LogP contribution in [0.15, 0.2) is 64.1 Å². The molecule has 0 aliphatic rings. The average molecular weight is 404 g/mol. The Morgan fingerprint density at radius 1 is 1.10 bits per heavy atom. The number of hydrogen-bond acceptors (Lipinski definition) is 5. The fraction of sp³-hybridized carbons (Fsp3) is 0.208. The molecule has 0 radical (unpaired) electrons. The van der Waals surface area contributed by atoms with Gasteiger partial charge in [-0.1, -0.05) is 35.9 Å². The van der Waals surface area contributed by atoms with Gasteiger partial charge < -0.3 is 9.15 Å². The van der Waals surface area contributed by atoms with E-state index in [2.05, 4.69) is 10.5 Å². The molecule has 3 rings (SSSR count). The molecule has 0 aliphatic carbocycles. The predicted octanol–water partition coefficient (Wildman–Crippen LogP) is 4.43. The number of furan rings is 1. The Labute approximate surface area is 175 Å². The maximum Gasteiger partial charge on any atom is 0.338 e. The summed E-state index contributed by atoms with van der Waals surface area (Å²) in [4.78, 5) is 24.0. The lowest BCUT2D eigenvalue weighted by Gasteiger charge is -2.05. The van der Waals surface area contributed by atoms with E-state index in [0.717, 1.165) is 22.3 Å². The lowest BCUT2D eigenvalue weighted by molar-refractivity contribution is -0.120. The normalized spacial score (nSPS) is 10.9. The number of carbonyl (C=O) groups is 2. The minimum Gasteiger partial charge on any atom is -0.462 e. The Balaban J connectivity index is 1.62. The van der Waals surface area contributed by atoms with Crippen molar-refractivity contribution in [3.05, 3.63) is 82.6 Å². The van der Waals surface area contributed by atoms with Crippen LogP contribution < -0.4 is 5.43 Å². The molecule has 0 saturated carbocycles. The van der Waals surface area contributed by atoms with Crippen LogP contribution in [0.4, 0.5) is 0 Å². The number of aryl methyl sites for hydroxylation is 2. The lowest BCUT2D eigenvalue weighted by Crippen LogP contribution is -2.20. The highest BCUT2D eigenvalue weighted by Crippen LogP contribution is 2.23. The van der Waals surface area contributed by atoms with Gasteiger partial charge in [-0.15, -0.1) is 0 Å². The number of nitrogens with one attached hydrogen (secondary N) is 1. The van der Waals surface area contributed by atoms with Crippen molar-refractivity contribution in [1.82, 2.24) is 5.43 Å². The molecule has 0 spiro atoms. The van der Waals surface area contributed by atoms with Crippen molar-refractivity contribution < 1.29 is 18.7 Å². The van der Waals surface area contributed by atoms with Gasteiger partial charge in [0.1, 0.15) is 11.5 Å². The Morgan fingerprint density at radius 2 is 1.93 bits per heavy atom. The van der Waals surface area contributed by atoms with E-state index < -0.39 is 0 Å². The van der Waals surface area contributed by atoms with Crippen molar-refractivity contribution in [2.45, 2.75) is 27.2 Å². The molecule has 6 heteroatoms. The standard InChI is InChI=1S/C24H24N2O4/c1-4-29-24(28)19-7-5-6-18(13-19)22-11-10-21(30-22)15-25-26-23(27)14-20-12-16(2)8-9-17(20)3/h5-13,15H,4,14H2,1-3H3,(H,26,27)/b25-15-. The topological polar surface area (TPSA) is 80.9 Å². The summed E-state index contributed by atoms with van der Waals surface area (Å²) in [5.74, 6) is 0.496. The van der Waals surface area contributed by atoms with Crippen molar-refractivity contribution in [2.24, 2.45) is 5.10 Å². The Kier molecular flexibility index (Phi) is 6.80. The van der Waals surface area contributed by atoms with E-state index in [4.69, 9.17) is 9.15 Å². The predicted molar refractivity (Wildman–Crippen MR) is 115 cm³/mol. The first-order valence-electron chi connectivity index (χ1n) is 9.71. The summed E-state index contributed by atoms with van der Waals surface area (Å²) in [6.07, 6.45) is 1.70. The second kappa shape index (κ2) is 9.69. The molecule has 2 aromatic carbocycles. The Bertz CT molecular complexity index is 1080. The van der Waals surface area contributed by atoms with Gasteiger partial charge in [0, 0.05) is 5.56 Å². The zero-order valence-electron chi connectivity index (χ0n) is 17.3. The smallest absolute Gasteiger partial charge is 0.338 e. The quantitative estimate of drug-likeness (QED) is 0.359. The molecule has 154 valence electrons. The summed E-state index contributed by atoms with van der Waals surface area (Å²) in [5, 5.41) is 3.97. The van der Waals surface area contributed by atoms with Gasteiger partial charge >= 0.3 is 5.97 Å². The summed E-state index contributed by atoms with van der Waals surface area (Å²) < 4.78 is 10.8. The second-order valence-corrected chi connectivity index (χ2v) is 6.90. The molecular weight excluding hydrogens is 380 g/mol. The van der Waals surface area contributed by atoms with E-state index in [1.165, 1.54) is 6.21 Å². The van der Waals surface area contributed by atoms with Crippen LogP contribution in [0.1, 0.15) is 39.7 Å². The molecule has 0 saturated heterocycles. The minimum absolute atomic E-state index is 0.200. The van der Waals surface area contributed by atoms with Gasteiger partial charge in [-0.3, -0.25) is 4.79 Å². The summed E-state index contributed by atoms with van der Waals surface area (Å²) in [7, 11) is 0. The van der Waals surface area contributed by atoms with Crippen molar-refractivity contribution in [3.63, 3.8) is 0 Å². The van der Waals surface area contributed by atoms with Crippen LogP contribution in [0.3, 0.4) is 0 Å². The van der Waals surface area contributed by atoms with Crippen molar-refractivity contribution in [2.75, 3.05) is 6.61 Å². The highest BCUT2D eigenvalue weighted by atomic mass is 16.5. The molecule has 0 bridgehead atoms. The van der Waals surface area contributed by atoms with Crippen LogP contribution in [0.25, 0.3) is 11.3 Å². The number of carbonyl (C=O) groups excluding carboxylic acids is 2. The highest BCUT2D eigenvalue weighted by Gasteiger charge is 2.10. The molecule has 1 aromatic heterocycles. The fourth-order valence-corrected chi connectivity index (χ4v) is 2.96. The molecule has 0 fully saturated rings. The van der Waals surface area contributed by atoms with Crippen LogP contribution in [0, 0.1) is 13.8 Å². The summed E-state index contributed by atoms with van der Waals surface area (Å²) >= 11 is 0. The van der Waals surface area contributed by atoms with Crippen molar-refractivity contribution in [1.29, 1.82) is 0 Å². The summed E-state index contributed by atoms with van der Waals surface area (Å²) in [5.41, 5.74) is 6.89. The van der Waals surface area contributed by atoms with E-state index in [0.29, 0.717) is 23.7 Å². The maximum absolute atomic E-state index is 12.1. The van der Waals surface area contributed by atoms with Crippen LogP contribution in [-0.2, 0) is 16.0 Å². The van der Waals surface area contributed by atoms with Gasteiger partial charge in [-0.2, -0.15) is 5.10 Å². The monoisotopic (exact) mass is 404 g/mol.